The molecule has 0 spiro atoms. The molecule has 1 saturated carbocycles. The number of aliphatic carboxylic acids is 1. The molecule has 0 radical (unpaired) electrons. The number of carbonyl (C=O) groups is 2. The fourth-order valence-corrected chi connectivity index (χ4v) is 2.71. The molecule has 1 aromatic rings. The van der Waals surface area contributed by atoms with Crippen LogP contribution in [0.25, 0.3) is 0 Å². The number of hydrogen-bond donors (Lipinski definition) is 3. The first-order chi connectivity index (χ1) is 9.94. The fraction of sp³-hybridized carbons (Fsp3) is 0.467. The molecule has 0 aliphatic heterocycles. The van der Waals surface area contributed by atoms with Crippen LogP contribution in [0.15, 0.2) is 18.2 Å². The summed E-state index contributed by atoms with van der Waals surface area (Å²) in [5, 5.41) is 12.0. The average Bonchev–Trinajstić information content (AvgIpc) is 2.48. The first-order valence-electron chi connectivity index (χ1n) is 7.01. The van der Waals surface area contributed by atoms with Gasteiger partial charge in [0.1, 0.15) is 5.82 Å². The van der Waals surface area contributed by atoms with Gasteiger partial charge >= 0.3 is 5.97 Å². The number of halogens is 1. The normalized spacial score (nSPS) is 17.2. The smallest absolute Gasteiger partial charge is 0.311 e. The summed E-state index contributed by atoms with van der Waals surface area (Å²) in [6, 6.07) is 3.79. The number of carboxylic acid groups (broad SMARTS) is 1. The van der Waals surface area contributed by atoms with Crippen molar-refractivity contribution in [1.82, 2.24) is 5.32 Å². The van der Waals surface area contributed by atoms with Crippen molar-refractivity contribution in [3.05, 3.63) is 29.6 Å². The highest BCUT2D eigenvalue weighted by Crippen LogP contribution is 2.36. The van der Waals surface area contributed by atoms with E-state index < -0.39 is 23.1 Å². The van der Waals surface area contributed by atoms with Crippen molar-refractivity contribution < 1.29 is 19.1 Å². The lowest BCUT2D eigenvalue weighted by Gasteiger charge is -2.33. The number of benzene rings is 1. The molecule has 0 saturated heterocycles. The second kappa shape index (κ2) is 6.11. The topological polar surface area (TPSA) is 92.4 Å². The van der Waals surface area contributed by atoms with E-state index in [-0.39, 0.29) is 17.8 Å². The number of amides is 1. The maximum absolute atomic E-state index is 13.3. The molecule has 0 bridgehead atoms. The molecule has 0 unspecified atom stereocenters. The van der Waals surface area contributed by atoms with Crippen LogP contribution in [0.5, 0.6) is 0 Å². The summed E-state index contributed by atoms with van der Waals surface area (Å²) in [5.41, 5.74) is 4.56. The molecule has 1 fully saturated rings. The van der Waals surface area contributed by atoms with E-state index in [0.29, 0.717) is 12.8 Å². The van der Waals surface area contributed by atoms with Crippen molar-refractivity contribution >= 4 is 17.6 Å². The predicted molar refractivity (Wildman–Crippen MR) is 76.3 cm³/mol. The molecule has 114 valence electrons. The monoisotopic (exact) mass is 294 g/mol. The molecule has 21 heavy (non-hydrogen) atoms. The molecule has 4 N–H and O–H groups in total. The molecule has 0 aromatic heterocycles. The van der Waals surface area contributed by atoms with Gasteiger partial charge in [-0.25, -0.2) is 4.39 Å². The Bertz CT molecular complexity index is 554. The third-order valence-corrected chi connectivity index (χ3v) is 4.11. The van der Waals surface area contributed by atoms with Gasteiger partial charge in [-0.1, -0.05) is 19.3 Å². The van der Waals surface area contributed by atoms with Gasteiger partial charge in [0, 0.05) is 12.1 Å². The SMILES string of the molecule is Nc1ccc(C(=O)NCC2(C(=O)O)CCCCC2)cc1F. The summed E-state index contributed by atoms with van der Waals surface area (Å²) in [6.07, 6.45) is 3.82. The second-order valence-electron chi connectivity index (χ2n) is 5.57. The van der Waals surface area contributed by atoms with Crippen molar-refractivity contribution in [2.24, 2.45) is 5.41 Å². The highest BCUT2D eigenvalue weighted by molar-refractivity contribution is 5.94. The van der Waals surface area contributed by atoms with Crippen LogP contribution < -0.4 is 11.1 Å². The third kappa shape index (κ3) is 3.32. The number of rotatable bonds is 4. The van der Waals surface area contributed by atoms with Crippen LogP contribution in [0.3, 0.4) is 0 Å². The number of carboxylic acids is 1. The lowest BCUT2D eigenvalue weighted by Crippen LogP contribution is -2.44. The number of nitrogens with two attached hydrogens (primary N) is 1. The minimum Gasteiger partial charge on any atom is -0.481 e. The zero-order valence-electron chi connectivity index (χ0n) is 11.7. The second-order valence-corrected chi connectivity index (χ2v) is 5.57. The molecule has 0 atom stereocenters. The van der Waals surface area contributed by atoms with E-state index in [0.717, 1.165) is 25.3 Å². The Labute approximate surface area is 122 Å². The number of nitrogen functional groups attached to an aromatic ring is 1. The van der Waals surface area contributed by atoms with Crippen LogP contribution >= 0.6 is 0 Å². The number of hydrogen-bond acceptors (Lipinski definition) is 3. The van der Waals surface area contributed by atoms with Gasteiger partial charge in [0.25, 0.3) is 5.91 Å². The summed E-state index contributed by atoms with van der Waals surface area (Å²) in [5.74, 6) is -2.03. The molecule has 6 heteroatoms. The van der Waals surface area contributed by atoms with E-state index in [4.69, 9.17) is 5.73 Å². The third-order valence-electron chi connectivity index (χ3n) is 4.11. The quantitative estimate of drug-likeness (QED) is 0.742. The summed E-state index contributed by atoms with van der Waals surface area (Å²) in [7, 11) is 0. The van der Waals surface area contributed by atoms with Crippen LogP contribution in [0.1, 0.15) is 42.5 Å². The van der Waals surface area contributed by atoms with Crippen molar-refractivity contribution in [2.75, 3.05) is 12.3 Å². The Balaban J connectivity index is 2.05. The van der Waals surface area contributed by atoms with E-state index in [1.165, 1.54) is 12.1 Å². The van der Waals surface area contributed by atoms with Crippen molar-refractivity contribution in [3.8, 4) is 0 Å². The summed E-state index contributed by atoms with van der Waals surface area (Å²) < 4.78 is 13.3. The van der Waals surface area contributed by atoms with E-state index in [1.807, 2.05) is 0 Å². The van der Waals surface area contributed by atoms with Crippen LogP contribution in [0.4, 0.5) is 10.1 Å². The molecule has 1 aliphatic carbocycles. The van der Waals surface area contributed by atoms with E-state index in [9.17, 15) is 19.1 Å². The van der Waals surface area contributed by atoms with Crippen molar-refractivity contribution in [1.29, 1.82) is 0 Å². The Morgan fingerprint density at radius 2 is 1.95 bits per heavy atom. The van der Waals surface area contributed by atoms with Gasteiger partial charge in [0.05, 0.1) is 11.1 Å². The van der Waals surface area contributed by atoms with Gasteiger partial charge in [-0.2, -0.15) is 0 Å². The predicted octanol–water partition coefficient (Wildman–Crippen LogP) is 2.17. The lowest BCUT2D eigenvalue weighted by atomic mass is 9.74. The van der Waals surface area contributed by atoms with Gasteiger partial charge in [-0.3, -0.25) is 9.59 Å². The fourth-order valence-electron chi connectivity index (χ4n) is 2.71. The van der Waals surface area contributed by atoms with Gasteiger partial charge in [-0.05, 0) is 31.0 Å². The summed E-state index contributed by atoms with van der Waals surface area (Å²) in [6.45, 7) is 0.0627. The first-order valence-corrected chi connectivity index (χ1v) is 7.01. The molecule has 0 heterocycles. The summed E-state index contributed by atoms with van der Waals surface area (Å²) in [4.78, 5) is 23.5. The molecule has 1 aliphatic rings. The van der Waals surface area contributed by atoms with E-state index in [1.54, 1.807) is 0 Å². The molecular formula is C15H19FN2O3. The maximum Gasteiger partial charge on any atom is 0.311 e. The maximum atomic E-state index is 13.3. The Morgan fingerprint density at radius 3 is 2.52 bits per heavy atom. The highest BCUT2D eigenvalue weighted by atomic mass is 19.1. The minimum atomic E-state index is -0.903. The number of anilines is 1. The van der Waals surface area contributed by atoms with Crippen molar-refractivity contribution in [2.45, 2.75) is 32.1 Å². The average molecular weight is 294 g/mol. The molecule has 2 rings (SSSR count). The standard InChI is InChI=1S/C15H19FN2O3/c16-11-8-10(4-5-12(11)17)13(19)18-9-15(14(20)21)6-2-1-3-7-15/h4-5,8H,1-3,6-7,9,17H2,(H,18,19)(H,20,21). The molecular weight excluding hydrogens is 275 g/mol. The van der Waals surface area contributed by atoms with Crippen LogP contribution in [-0.2, 0) is 4.79 Å². The molecule has 5 nitrogen and oxygen atoms in total. The number of carbonyl (C=O) groups excluding carboxylic acids is 1. The molecule has 1 aromatic carbocycles. The van der Waals surface area contributed by atoms with Gasteiger partial charge in [-0.15, -0.1) is 0 Å². The van der Waals surface area contributed by atoms with Gasteiger partial charge in [0.15, 0.2) is 0 Å². The van der Waals surface area contributed by atoms with Gasteiger partial charge < -0.3 is 16.2 Å². The largest absolute Gasteiger partial charge is 0.481 e. The van der Waals surface area contributed by atoms with Crippen LogP contribution in [0, 0.1) is 11.2 Å². The van der Waals surface area contributed by atoms with E-state index >= 15 is 0 Å². The highest BCUT2D eigenvalue weighted by Gasteiger charge is 2.39. The minimum absolute atomic E-state index is 0.0270. The van der Waals surface area contributed by atoms with E-state index in [2.05, 4.69) is 5.32 Å². The zero-order valence-corrected chi connectivity index (χ0v) is 11.7. The van der Waals surface area contributed by atoms with Crippen LogP contribution in [-0.4, -0.2) is 23.5 Å². The van der Waals surface area contributed by atoms with Gasteiger partial charge in [0.2, 0.25) is 0 Å². The summed E-state index contributed by atoms with van der Waals surface area (Å²) >= 11 is 0. The Hall–Kier alpha value is -2.11. The zero-order chi connectivity index (χ0) is 15.5. The van der Waals surface area contributed by atoms with Crippen LogP contribution in [0.2, 0.25) is 0 Å². The van der Waals surface area contributed by atoms with Crippen molar-refractivity contribution in [3.63, 3.8) is 0 Å². The Morgan fingerprint density at radius 1 is 1.29 bits per heavy atom. The Kier molecular flexibility index (Phi) is 4.45. The number of nitrogens with one attached hydrogen (secondary N) is 1. The molecule has 1 amide bonds. The lowest BCUT2D eigenvalue weighted by molar-refractivity contribution is -0.150. The first kappa shape index (κ1) is 15.3.